The standard InChI is InChI=1S/C23H29.C5H5.C4H12Si2.2ClH.Zr/c1-14-9-16-11-17-10-15(2)21(23(6,7)8)13-19(17)18(16)12-20(14)22(3,4)5;1-2-4-5-3-1;1-5(2)6(3)4;;;/h9,12-13H,11H2,1-8H3;1-5H;1-4H3;2*1H;/q2*-1;;;;+4/p-2. The number of hydrogen-bond donors (Lipinski definition) is 0. The zero-order valence-electron chi connectivity index (χ0n) is 25.1. The summed E-state index contributed by atoms with van der Waals surface area (Å²) in [5, 5.41) is 0. The maximum Gasteiger partial charge on any atom is 4.00 e. The third-order valence-corrected chi connectivity index (χ3v) is 14.6. The van der Waals surface area contributed by atoms with Crippen LogP contribution in [-0.4, -0.2) is 15.8 Å². The number of aryl methyl sites for hydroxylation is 2. The summed E-state index contributed by atoms with van der Waals surface area (Å²) in [6.07, 6.45) is 1.03. The van der Waals surface area contributed by atoms with Gasteiger partial charge < -0.3 is 24.8 Å². The monoisotopic (exact) mass is 646 g/mol. The van der Waals surface area contributed by atoms with Gasteiger partial charge in [0.1, 0.15) is 0 Å². The predicted molar refractivity (Wildman–Crippen MR) is 157 cm³/mol. The molecule has 3 aromatic rings. The van der Waals surface area contributed by atoms with E-state index in [1.54, 1.807) is 0 Å². The van der Waals surface area contributed by atoms with Crippen LogP contribution in [0.3, 0.4) is 0 Å². The smallest absolute Gasteiger partial charge is 1.00 e. The Morgan fingerprint density at radius 2 is 1.19 bits per heavy atom. The average Bonchev–Trinajstić information content (AvgIpc) is 3.36. The van der Waals surface area contributed by atoms with Gasteiger partial charge in [0, 0.05) is 0 Å². The van der Waals surface area contributed by atoms with Crippen LogP contribution in [0, 0.1) is 19.9 Å². The van der Waals surface area contributed by atoms with Gasteiger partial charge in [0.15, 0.2) is 0 Å². The van der Waals surface area contributed by atoms with Crippen molar-refractivity contribution in [1.82, 2.24) is 0 Å². The molecular weight excluding hydrogens is 603 g/mol. The maximum atomic E-state index is 3.69. The molecule has 3 aromatic carbocycles. The van der Waals surface area contributed by atoms with Gasteiger partial charge in [-0.15, -0.1) is 16.7 Å². The molecule has 4 rings (SSSR count). The molecular formula is C32H46Cl2Si2Zr. The minimum atomic E-state index is 0. The first-order chi connectivity index (χ1) is 15.6. The normalized spacial score (nSPS) is 11.0. The molecule has 5 heteroatoms. The largest absolute Gasteiger partial charge is 4.00 e. The second-order valence-corrected chi connectivity index (χ2v) is 22.2. The Hall–Kier alpha value is -0.313. The van der Waals surface area contributed by atoms with Crippen LogP contribution in [0.25, 0.3) is 11.1 Å². The summed E-state index contributed by atoms with van der Waals surface area (Å²) >= 11 is 0. The third kappa shape index (κ3) is 11.0. The molecule has 0 spiro atoms. The van der Waals surface area contributed by atoms with Crippen LogP contribution in [0.4, 0.5) is 0 Å². The van der Waals surface area contributed by atoms with E-state index in [9.17, 15) is 0 Å². The second kappa shape index (κ2) is 16.1. The summed E-state index contributed by atoms with van der Waals surface area (Å²) < 4.78 is 0. The van der Waals surface area contributed by atoms with Crippen LogP contribution < -0.4 is 24.8 Å². The van der Waals surface area contributed by atoms with E-state index in [-0.39, 0.29) is 77.6 Å². The molecule has 37 heavy (non-hydrogen) atoms. The maximum absolute atomic E-state index is 3.69. The molecule has 1 aliphatic rings. The summed E-state index contributed by atoms with van der Waals surface area (Å²) in [7, 11) is 0.300. The van der Waals surface area contributed by atoms with Gasteiger partial charge in [-0.2, -0.15) is 35.9 Å². The summed E-state index contributed by atoms with van der Waals surface area (Å²) in [4.78, 5) is 0. The molecule has 0 unspecified atom stereocenters. The second-order valence-electron chi connectivity index (χ2n) is 12.2. The molecule has 0 atom stereocenters. The molecule has 0 saturated heterocycles. The van der Waals surface area contributed by atoms with Crippen molar-refractivity contribution in [2.24, 2.45) is 0 Å². The number of rotatable bonds is 0. The van der Waals surface area contributed by atoms with E-state index in [2.05, 4.69) is 106 Å². The molecule has 0 aromatic heterocycles. The molecule has 0 heterocycles. The van der Waals surface area contributed by atoms with Crippen molar-refractivity contribution < 1.29 is 51.0 Å². The number of hydrogen-bond acceptors (Lipinski definition) is 0. The fourth-order valence-electron chi connectivity index (χ4n) is 4.34. The Bertz CT molecular complexity index is 1050. The van der Waals surface area contributed by atoms with Gasteiger partial charge in [-0.25, -0.2) is 12.1 Å². The van der Waals surface area contributed by atoms with Gasteiger partial charge >= 0.3 is 26.2 Å². The van der Waals surface area contributed by atoms with E-state index in [1.165, 1.54) is 44.5 Å². The molecule has 0 bridgehead atoms. The molecule has 0 nitrogen and oxygen atoms in total. The van der Waals surface area contributed by atoms with E-state index in [1.807, 2.05) is 30.3 Å². The number of benzene rings is 2. The Morgan fingerprint density at radius 1 is 0.730 bits per heavy atom. The van der Waals surface area contributed by atoms with Crippen LogP contribution in [0.2, 0.25) is 26.2 Å². The van der Waals surface area contributed by atoms with Gasteiger partial charge in [-0.3, -0.25) is 0 Å². The quantitative estimate of drug-likeness (QED) is 0.203. The number of fused-ring (bicyclic) bond motifs is 3. The number of halogens is 2. The molecule has 0 amide bonds. The minimum Gasteiger partial charge on any atom is -1.00 e. The first kappa shape index (κ1) is 38.8. The van der Waals surface area contributed by atoms with Crippen molar-refractivity contribution in [3.05, 3.63) is 88.0 Å². The summed E-state index contributed by atoms with van der Waals surface area (Å²) in [5.41, 5.74) is 11.6. The summed E-state index contributed by atoms with van der Waals surface area (Å²) in [6.45, 7) is 27.8. The van der Waals surface area contributed by atoms with Crippen LogP contribution in [0.1, 0.15) is 74.9 Å². The fourth-order valence-corrected chi connectivity index (χ4v) is 4.34. The van der Waals surface area contributed by atoms with E-state index >= 15 is 0 Å². The molecule has 0 saturated carbocycles. The summed E-state index contributed by atoms with van der Waals surface area (Å²) in [6, 6.07) is 20.9. The van der Waals surface area contributed by atoms with E-state index in [0.29, 0.717) is 0 Å². The van der Waals surface area contributed by atoms with Crippen LogP contribution in [-0.2, 0) is 43.5 Å². The topological polar surface area (TPSA) is 0 Å². The molecule has 0 fully saturated rings. The first-order valence-electron chi connectivity index (χ1n) is 12.6. The predicted octanol–water partition coefficient (Wildman–Crippen LogP) is 3.25. The van der Waals surface area contributed by atoms with Crippen molar-refractivity contribution in [1.29, 1.82) is 0 Å². The van der Waals surface area contributed by atoms with Crippen molar-refractivity contribution in [2.45, 2.75) is 98.8 Å². The molecule has 1 aliphatic carbocycles. The van der Waals surface area contributed by atoms with Crippen molar-refractivity contribution in [2.75, 3.05) is 0 Å². The zero-order valence-corrected chi connectivity index (χ0v) is 31.1. The first-order valence-corrected chi connectivity index (χ1v) is 18.6. The van der Waals surface area contributed by atoms with Gasteiger partial charge in [0.2, 0.25) is 0 Å². The van der Waals surface area contributed by atoms with E-state index in [4.69, 9.17) is 0 Å². The Balaban J connectivity index is 0. The van der Waals surface area contributed by atoms with Crippen LogP contribution >= 0.6 is 0 Å². The molecule has 0 aliphatic heterocycles. The molecule has 0 radical (unpaired) electrons. The Kier molecular flexibility index (Phi) is 16.9. The van der Waals surface area contributed by atoms with Gasteiger partial charge in [-0.1, -0.05) is 97.8 Å². The Morgan fingerprint density at radius 3 is 1.57 bits per heavy atom. The van der Waals surface area contributed by atoms with Crippen molar-refractivity contribution in [3.63, 3.8) is 0 Å². The van der Waals surface area contributed by atoms with Crippen molar-refractivity contribution in [3.8, 4) is 11.1 Å². The van der Waals surface area contributed by atoms with E-state index < -0.39 is 0 Å². The third-order valence-electron chi connectivity index (χ3n) is 6.64. The van der Waals surface area contributed by atoms with Gasteiger partial charge in [0.05, 0.1) is 0 Å². The van der Waals surface area contributed by atoms with Gasteiger partial charge in [-0.05, 0) is 51.2 Å². The van der Waals surface area contributed by atoms with E-state index in [0.717, 1.165) is 6.42 Å². The SMILES string of the molecule is C[Si](C)=[Si](C)C.Cc1[c-]c2c(cc1C(C)(C)C)-c1cc(C(C)(C)C)c(C)cc1C2.[Cl-].[Cl-].[Zr+4].c1cc[cH-]c1. The summed E-state index contributed by atoms with van der Waals surface area (Å²) in [5.74, 6) is 0. The van der Waals surface area contributed by atoms with Crippen LogP contribution in [0.5, 0.6) is 0 Å². The van der Waals surface area contributed by atoms with Gasteiger partial charge in [0.25, 0.3) is 0 Å². The fraction of sp³-hybridized carbons (Fsp3) is 0.469. The Labute approximate surface area is 262 Å². The molecule has 0 N–H and O–H groups in total. The zero-order chi connectivity index (χ0) is 25.8. The van der Waals surface area contributed by atoms with Crippen LogP contribution in [0.15, 0.2) is 48.5 Å². The van der Waals surface area contributed by atoms with Crippen molar-refractivity contribution >= 4 is 15.8 Å². The minimum absolute atomic E-state index is 0. The molecule has 200 valence electrons. The average molecular weight is 649 g/mol.